The summed E-state index contributed by atoms with van der Waals surface area (Å²) < 4.78 is 16.2. The minimum absolute atomic E-state index is 0.142. The zero-order chi connectivity index (χ0) is 16.2. The van der Waals surface area contributed by atoms with Gasteiger partial charge < -0.3 is 14.2 Å². The Morgan fingerprint density at radius 3 is 2.83 bits per heavy atom. The lowest BCUT2D eigenvalue weighted by Crippen LogP contribution is -2.37. The highest BCUT2D eigenvalue weighted by molar-refractivity contribution is 5.90. The predicted molar refractivity (Wildman–Crippen MR) is 81.9 cm³/mol. The van der Waals surface area contributed by atoms with Crippen molar-refractivity contribution in [3.05, 3.63) is 59.4 Å². The SMILES string of the molecule is COC(=O)C1=CO[C@@H](OCc2ccccc2)[C@@H]2C(C=O)=CC[C@H]12. The molecule has 0 fully saturated rings. The number of aldehydes is 1. The van der Waals surface area contributed by atoms with Crippen LogP contribution in [0.15, 0.2) is 53.8 Å². The molecule has 0 spiro atoms. The highest BCUT2D eigenvalue weighted by Gasteiger charge is 2.44. The molecule has 3 atom stereocenters. The summed E-state index contributed by atoms with van der Waals surface area (Å²) in [6.45, 7) is 0.377. The number of hydrogen-bond donors (Lipinski definition) is 0. The van der Waals surface area contributed by atoms with E-state index in [2.05, 4.69) is 0 Å². The van der Waals surface area contributed by atoms with E-state index in [0.717, 1.165) is 11.8 Å². The Labute approximate surface area is 134 Å². The fraction of sp³-hybridized carbons (Fsp3) is 0.333. The number of allylic oxidation sites excluding steroid dienone is 1. The van der Waals surface area contributed by atoms with E-state index >= 15 is 0 Å². The van der Waals surface area contributed by atoms with Crippen LogP contribution in [0.5, 0.6) is 0 Å². The third-order valence-corrected chi connectivity index (χ3v) is 4.26. The van der Waals surface area contributed by atoms with Crippen LogP contribution in [-0.4, -0.2) is 25.7 Å². The summed E-state index contributed by atoms with van der Waals surface area (Å²) in [5.74, 6) is -0.852. The lowest BCUT2D eigenvalue weighted by Gasteiger charge is -2.33. The maximum Gasteiger partial charge on any atom is 0.337 e. The van der Waals surface area contributed by atoms with Crippen molar-refractivity contribution in [3.8, 4) is 0 Å². The monoisotopic (exact) mass is 314 g/mol. The standard InChI is InChI=1S/C18H18O5/c1-21-17(20)15-11-23-18(16-13(9-19)7-8-14(15)16)22-10-12-5-3-2-4-6-12/h2-7,9,11,14,16,18H,8,10H2,1H3/t14-,16-,18-/m1/s1. The third-order valence-electron chi connectivity index (χ3n) is 4.26. The smallest absolute Gasteiger partial charge is 0.337 e. The topological polar surface area (TPSA) is 61.8 Å². The van der Waals surface area contributed by atoms with Gasteiger partial charge in [0.05, 0.1) is 31.5 Å². The van der Waals surface area contributed by atoms with Crippen molar-refractivity contribution >= 4 is 12.3 Å². The quantitative estimate of drug-likeness (QED) is 0.617. The Bertz CT molecular complexity index is 647. The lowest BCUT2D eigenvalue weighted by molar-refractivity contribution is -0.161. The van der Waals surface area contributed by atoms with Crippen LogP contribution in [0.3, 0.4) is 0 Å². The minimum Gasteiger partial charge on any atom is -0.471 e. The Balaban J connectivity index is 1.77. The maximum absolute atomic E-state index is 11.9. The molecule has 1 aromatic rings. The second-order valence-electron chi connectivity index (χ2n) is 5.56. The third kappa shape index (κ3) is 3.05. The molecule has 0 unspecified atom stereocenters. The van der Waals surface area contributed by atoms with E-state index in [1.165, 1.54) is 13.4 Å². The van der Waals surface area contributed by atoms with E-state index < -0.39 is 12.3 Å². The van der Waals surface area contributed by atoms with Crippen LogP contribution >= 0.6 is 0 Å². The number of carbonyl (C=O) groups is 2. The van der Waals surface area contributed by atoms with Gasteiger partial charge in [-0.15, -0.1) is 0 Å². The van der Waals surface area contributed by atoms with E-state index in [-0.39, 0.29) is 11.8 Å². The molecule has 120 valence electrons. The van der Waals surface area contributed by atoms with Gasteiger partial charge in [0, 0.05) is 5.92 Å². The number of carbonyl (C=O) groups excluding carboxylic acids is 2. The van der Waals surface area contributed by atoms with Gasteiger partial charge in [-0.1, -0.05) is 36.4 Å². The number of benzene rings is 1. The molecule has 0 bridgehead atoms. The Hall–Kier alpha value is -2.40. The normalized spacial score (nSPS) is 25.7. The summed E-state index contributed by atoms with van der Waals surface area (Å²) in [7, 11) is 1.33. The van der Waals surface area contributed by atoms with Crippen molar-refractivity contribution in [3.63, 3.8) is 0 Å². The van der Waals surface area contributed by atoms with Crippen LogP contribution in [0.4, 0.5) is 0 Å². The summed E-state index contributed by atoms with van der Waals surface area (Å²) in [5.41, 5.74) is 2.08. The van der Waals surface area contributed by atoms with Crippen molar-refractivity contribution in [2.45, 2.75) is 19.3 Å². The average Bonchev–Trinajstić information content (AvgIpc) is 3.04. The summed E-state index contributed by atoms with van der Waals surface area (Å²) in [5, 5.41) is 0. The number of fused-ring (bicyclic) bond motifs is 1. The van der Waals surface area contributed by atoms with Gasteiger partial charge in [-0.05, 0) is 17.6 Å². The first-order chi connectivity index (χ1) is 11.2. The van der Waals surface area contributed by atoms with Crippen LogP contribution in [0.2, 0.25) is 0 Å². The van der Waals surface area contributed by atoms with Crippen LogP contribution in [0.1, 0.15) is 12.0 Å². The number of rotatable bonds is 5. The molecule has 0 aromatic heterocycles. The first-order valence-corrected chi connectivity index (χ1v) is 7.49. The molecule has 1 aliphatic carbocycles. The van der Waals surface area contributed by atoms with Gasteiger partial charge in [-0.3, -0.25) is 4.79 Å². The maximum atomic E-state index is 11.9. The fourth-order valence-corrected chi connectivity index (χ4v) is 3.10. The van der Waals surface area contributed by atoms with Gasteiger partial charge in [-0.2, -0.15) is 0 Å². The van der Waals surface area contributed by atoms with E-state index in [9.17, 15) is 9.59 Å². The van der Waals surface area contributed by atoms with Gasteiger partial charge in [0.25, 0.3) is 0 Å². The second-order valence-corrected chi connectivity index (χ2v) is 5.56. The number of esters is 1. The zero-order valence-electron chi connectivity index (χ0n) is 12.8. The molecule has 0 amide bonds. The van der Waals surface area contributed by atoms with Crippen molar-refractivity contribution in [2.24, 2.45) is 11.8 Å². The molecule has 5 nitrogen and oxygen atoms in total. The molecule has 0 saturated carbocycles. The Morgan fingerprint density at radius 1 is 1.35 bits per heavy atom. The predicted octanol–water partition coefficient (Wildman–Crippen LogP) is 2.38. The minimum atomic E-state index is -0.590. The van der Waals surface area contributed by atoms with E-state index in [0.29, 0.717) is 24.2 Å². The number of hydrogen-bond acceptors (Lipinski definition) is 5. The average molecular weight is 314 g/mol. The lowest BCUT2D eigenvalue weighted by atomic mass is 9.83. The van der Waals surface area contributed by atoms with E-state index in [1.807, 2.05) is 36.4 Å². The van der Waals surface area contributed by atoms with Gasteiger partial charge in [0.1, 0.15) is 6.29 Å². The van der Waals surface area contributed by atoms with Crippen molar-refractivity contribution in [1.82, 2.24) is 0 Å². The summed E-state index contributed by atoms with van der Waals surface area (Å²) in [6, 6.07) is 9.73. The Kier molecular flexibility index (Phi) is 4.57. The molecule has 3 rings (SSSR count). The highest BCUT2D eigenvalue weighted by atomic mass is 16.7. The summed E-state index contributed by atoms with van der Waals surface area (Å²) >= 11 is 0. The molecule has 0 N–H and O–H groups in total. The Morgan fingerprint density at radius 2 is 2.13 bits per heavy atom. The molecule has 1 aromatic carbocycles. The van der Waals surface area contributed by atoms with Crippen LogP contribution in [-0.2, 0) is 30.4 Å². The van der Waals surface area contributed by atoms with Crippen molar-refractivity contribution < 1.29 is 23.8 Å². The molecule has 1 aliphatic heterocycles. The van der Waals surface area contributed by atoms with Crippen LogP contribution in [0, 0.1) is 11.8 Å². The first kappa shape index (κ1) is 15.5. The van der Waals surface area contributed by atoms with E-state index in [1.54, 1.807) is 0 Å². The zero-order valence-corrected chi connectivity index (χ0v) is 12.8. The molecule has 0 radical (unpaired) electrons. The molecule has 1 heterocycles. The molecule has 23 heavy (non-hydrogen) atoms. The van der Waals surface area contributed by atoms with Crippen LogP contribution in [0.25, 0.3) is 0 Å². The van der Waals surface area contributed by atoms with Gasteiger partial charge in [0.15, 0.2) is 0 Å². The fourth-order valence-electron chi connectivity index (χ4n) is 3.10. The van der Waals surface area contributed by atoms with Crippen molar-refractivity contribution in [2.75, 3.05) is 7.11 Å². The molecule has 5 heteroatoms. The summed E-state index contributed by atoms with van der Waals surface area (Å²) in [4.78, 5) is 23.2. The highest BCUT2D eigenvalue weighted by Crippen LogP contribution is 2.43. The van der Waals surface area contributed by atoms with Crippen molar-refractivity contribution in [1.29, 1.82) is 0 Å². The van der Waals surface area contributed by atoms with Gasteiger partial charge in [0.2, 0.25) is 6.29 Å². The summed E-state index contributed by atoms with van der Waals surface area (Å²) in [6.07, 6.45) is 4.07. The van der Waals surface area contributed by atoms with Gasteiger partial charge in [-0.25, -0.2) is 4.79 Å². The number of methoxy groups -OCH3 is 1. The number of ether oxygens (including phenoxy) is 3. The largest absolute Gasteiger partial charge is 0.471 e. The molecule has 0 saturated heterocycles. The first-order valence-electron chi connectivity index (χ1n) is 7.49. The molecular weight excluding hydrogens is 296 g/mol. The van der Waals surface area contributed by atoms with Gasteiger partial charge >= 0.3 is 5.97 Å². The van der Waals surface area contributed by atoms with Crippen LogP contribution < -0.4 is 0 Å². The second kappa shape index (κ2) is 6.79. The molecular formula is C18H18O5. The molecule has 2 aliphatic rings. The van der Waals surface area contributed by atoms with E-state index in [4.69, 9.17) is 14.2 Å².